The van der Waals surface area contributed by atoms with E-state index in [1.54, 1.807) is 20.8 Å². The molecular formula is C13H26N2O3. The van der Waals surface area contributed by atoms with Gasteiger partial charge < -0.3 is 15.7 Å². The van der Waals surface area contributed by atoms with Gasteiger partial charge in [0.15, 0.2) is 0 Å². The molecule has 0 fully saturated rings. The maximum atomic E-state index is 11.7. The van der Waals surface area contributed by atoms with E-state index < -0.39 is 23.5 Å². The van der Waals surface area contributed by atoms with E-state index in [1.165, 1.54) is 0 Å². The smallest absolute Gasteiger partial charge is 0.326 e. The molecule has 0 bridgehead atoms. The van der Waals surface area contributed by atoms with E-state index in [4.69, 9.17) is 5.11 Å². The normalized spacial score (nSPS) is 13.2. The quantitative estimate of drug-likeness (QED) is 0.683. The van der Waals surface area contributed by atoms with Crippen molar-refractivity contribution in [3.8, 4) is 0 Å². The van der Waals surface area contributed by atoms with Crippen molar-refractivity contribution in [1.82, 2.24) is 10.6 Å². The zero-order chi connectivity index (χ0) is 14.3. The van der Waals surface area contributed by atoms with E-state index in [-0.39, 0.29) is 0 Å². The Morgan fingerprint density at radius 3 is 2.00 bits per heavy atom. The number of urea groups is 1. The van der Waals surface area contributed by atoms with E-state index in [0.29, 0.717) is 12.5 Å². The highest BCUT2D eigenvalue weighted by molar-refractivity contribution is 5.83. The number of carbonyl (C=O) groups is 2. The number of carboxylic acids is 1. The lowest BCUT2D eigenvalue weighted by Gasteiger charge is -2.28. The fraction of sp³-hybridized carbons (Fsp3) is 0.846. The van der Waals surface area contributed by atoms with Crippen LogP contribution in [0, 0.1) is 11.3 Å². The van der Waals surface area contributed by atoms with Gasteiger partial charge in [0.25, 0.3) is 0 Å². The lowest BCUT2D eigenvalue weighted by Crippen LogP contribution is -2.52. The molecule has 0 aliphatic rings. The SMILES string of the molecule is CCC(CC)CNC(=O)N[C@H](C(=O)O)C(C)(C)C. The van der Waals surface area contributed by atoms with Crippen LogP contribution >= 0.6 is 0 Å². The summed E-state index contributed by atoms with van der Waals surface area (Å²) in [6.45, 7) is 10.1. The van der Waals surface area contributed by atoms with Gasteiger partial charge in [0.1, 0.15) is 6.04 Å². The summed E-state index contributed by atoms with van der Waals surface area (Å²) in [6.07, 6.45) is 2.00. The molecule has 106 valence electrons. The Hall–Kier alpha value is -1.26. The Labute approximate surface area is 109 Å². The average Bonchev–Trinajstić information content (AvgIpc) is 2.25. The standard InChI is InChI=1S/C13H26N2O3/c1-6-9(7-2)8-14-12(18)15-10(11(16)17)13(3,4)5/h9-10H,6-8H2,1-5H3,(H,16,17)(H2,14,15,18)/t10-/m1/s1. The highest BCUT2D eigenvalue weighted by Gasteiger charge is 2.32. The Balaban J connectivity index is 4.32. The van der Waals surface area contributed by atoms with Gasteiger partial charge in [-0.15, -0.1) is 0 Å². The molecule has 1 atom stereocenters. The van der Waals surface area contributed by atoms with Crippen LogP contribution in [0.3, 0.4) is 0 Å². The van der Waals surface area contributed by atoms with Crippen LogP contribution in [0.4, 0.5) is 4.79 Å². The number of amides is 2. The number of carbonyl (C=O) groups excluding carboxylic acids is 1. The van der Waals surface area contributed by atoms with Crippen LogP contribution in [-0.2, 0) is 4.79 Å². The molecule has 0 radical (unpaired) electrons. The summed E-state index contributed by atoms with van der Waals surface area (Å²) in [5, 5.41) is 14.3. The maximum Gasteiger partial charge on any atom is 0.326 e. The van der Waals surface area contributed by atoms with Gasteiger partial charge in [-0.05, 0) is 11.3 Å². The van der Waals surface area contributed by atoms with Gasteiger partial charge >= 0.3 is 12.0 Å². The zero-order valence-electron chi connectivity index (χ0n) is 12.0. The predicted octanol–water partition coefficient (Wildman–Crippen LogP) is 2.22. The predicted molar refractivity (Wildman–Crippen MR) is 71.5 cm³/mol. The number of nitrogens with one attached hydrogen (secondary N) is 2. The minimum absolute atomic E-state index is 0.413. The van der Waals surface area contributed by atoms with Gasteiger partial charge in [0.2, 0.25) is 0 Å². The van der Waals surface area contributed by atoms with Gasteiger partial charge in [-0.2, -0.15) is 0 Å². The van der Waals surface area contributed by atoms with Crippen LogP contribution in [0.15, 0.2) is 0 Å². The van der Waals surface area contributed by atoms with Gasteiger partial charge in [0, 0.05) is 6.54 Å². The van der Waals surface area contributed by atoms with E-state index >= 15 is 0 Å². The highest BCUT2D eigenvalue weighted by Crippen LogP contribution is 2.19. The monoisotopic (exact) mass is 258 g/mol. The third-order valence-corrected chi connectivity index (χ3v) is 3.09. The summed E-state index contributed by atoms with van der Waals surface area (Å²) in [5.41, 5.74) is -0.516. The average molecular weight is 258 g/mol. The summed E-state index contributed by atoms with van der Waals surface area (Å²) in [7, 11) is 0. The lowest BCUT2D eigenvalue weighted by atomic mass is 9.87. The second-order valence-electron chi connectivity index (χ2n) is 5.67. The summed E-state index contributed by atoms with van der Waals surface area (Å²) < 4.78 is 0. The van der Waals surface area contributed by atoms with Crippen LogP contribution in [0.25, 0.3) is 0 Å². The Morgan fingerprint density at radius 2 is 1.67 bits per heavy atom. The molecular weight excluding hydrogens is 232 g/mol. The summed E-state index contributed by atoms with van der Waals surface area (Å²) in [4.78, 5) is 22.7. The second-order valence-corrected chi connectivity index (χ2v) is 5.67. The fourth-order valence-electron chi connectivity index (χ4n) is 1.65. The molecule has 0 unspecified atom stereocenters. The molecule has 0 saturated carbocycles. The molecule has 2 amide bonds. The number of rotatable bonds is 6. The highest BCUT2D eigenvalue weighted by atomic mass is 16.4. The molecule has 5 heteroatoms. The number of carboxylic acid groups (broad SMARTS) is 1. The summed E-state index contributed by atoms with van der Waals surface area (Å²) in [6, 6.07) is -1.30. The van der Waals surface area contributed by atoms with Crippen molar-refractivity contribution in [2.45, 2.75) is 53.5 Å². The molecule has 0 rings (SSSR count). The van der Waals surface area contributed by atoms with E-state index in [2.05, 4.69) is 24.5 Å². The van der Waals surface area contributed by atoms with Gasteiger partial charge in [-0.25, -0.2) is 9.59 Å². The third kappa shape index (κ3) is 5.89. The van der Waals surface area contributed by atoms with Gasteiger partial charge in [-0.1, -0.05) is 47.5 Å². The van der Waals surface area contributed by atoms with E-state index in [1.807, 2.05) is 0 Å². The van der Waals surface area contributed by atoms with Crippen LogP contribution in [0.2, 0.25) is 0 Å². The molecule has 0 saturated heterocycles. The first kappa shape index (κ1) is 16.7. The topological polar surface area (TPSA) is 78.4 Å². The van der Waals surface area contributed by atoms with E-state index in [0.717, 1.165) is 12.8 Å². The van der Waals surface area contributed by atoms with Crippen LogP contribution in [0.1, 0.15) is 47.5 Å². The molecule has 18 heavy (non-hydrogen) atoms. The maximum absolute atomic E-state index is 11.7. The van der Waals surface area contributed by atoms with Crippen LogP contribution < -0.4 is 10.6 Å². The Kier molecular flexibility index (Phi) is 6.73. The first-order valence-electron chi connectivity index (χ1n) is 6.49. The Bertz CT molecular complexity index is 280. The van der Waals surface area contributed by atoms with Crippen molar-refractivity contribution in [3.63, 3.8) is 0 Å². The fourth-order valence-corrected chi connectivity index (χ4v) is 1.65. The lowest BCUT2D eigenvalue weighted by molar-refractivity contribution is -0.141. The molecule has 0 aliphatic heterocycles. The van der Waals surface area contributed by atoms with Crippen molar-refractivity contribution < 1.29 is 14.7 Å². The van der Waals surface area contributed by atoms with Crippen LogP contribution in [0.5, 0.6) is 0 Å². The minimum Gasteiger partial charge on any atom is -0.480 e. The summed E-state index contributed by atoms with van der Waals surface area (Å²) >= 11 is 0. The van der Waals surface area contributed by atoms with Crippen molar-refractivity contribution in [1.29, 1.82) is 0 Å². The van der Waals surface area contributed by atoms with Crippen LogP contribution in [-0.4, -0.2) is 29.7 Å². The molecule has 0 heterocycles. The largest absolute Gasteiger partial charge is 0.480 e. The minimum atomic E-state index is -1.01. The van der Waals surface area contributed by atoms with Crippen molar-refractivity contribution in [2.24, 2.45) is 11.3 Å². The van der Waals surface area contributed by atoms with Crippen molar-refractivity contribution >= 4 is 12.0 Å². The molecule has 5 nitrogen and oxygen atoms in total. The van der Waals surface area contributed by atoms with E-state index in [9.17, 15) is 9.59 Å². The second kappa shape index (κ2) is 7.24. The molecule has 0 aliphatic carbocycles. The third-order valence-electron chi connectivity index (χ3n) is 3.09. The number of hydrogen-bond acceptors (Lipinski definition) is 2. The molecule has 0 aromatic carbocycles. The van der Waals surface area contributed by atoms with Gasteiger partial charge in [0.05, 0.1) is 0 Å². The zero-order valence-corrected chi connectivity index (χ0v) is 12.0. The van der Waals surface area contributed by atoms with Crippen molar-refractivity contribution in [2.75, 3.05) is 6.54 Å². The number of aliphatic carboxylic acids is 1. The molecule has 0 spiro atoms. The van der Waals surface area contributed by atoms with Gasteiger partial charge in [-0.3, -0.25) is 0 Å². The molecule has 0 aromatic rings. The first-order chi connectivity index (χ1) is 8.22. The molecule has 3 N–H and O–H groups in total. The number of hydrogen-bond donors (Lipinski definition) is 3. The molecule has 0 aromatic heterocycles. The summed E-state index contributed by atoms with van der Waals surface area (Å²) in [5.74, 6) is -0.575. The first-order valence-corrected chi connectivity index (χ1v) is 6.49. The van der Waals surface area contributed by atoms with Crippen molar-refractivity contribution in [3.05, 3.63) is 0 Å². The Morgan fingerprint density at radius 1 is 1.17 bits per heavy atom.